The van der Waals surface area contributed by atoms with Gasteiger partial charge in [-0.1, -0.05) is 6.07 Å². The Kier molecular flexibility index (Phi) is 4.99. The Hall–Kier alpha value is -2.28. The number of hydrogen-bond acceptors (Lipinski definition) is 6. The number of rotatable bonds is 4. The van der Waals surface area contributed by atoms with Crippen LogP contribution in [0.5, 0.6) is 5.75 Å². The summed E-state index contributed by atoms with van der Waals surface area (Å²) >= 11 is 0. The molecule has 1 amide bonds. The standard InChI is InChI=1S/C14H18N2O5/c1-19-14(18)12-8-20-6-5-16(12)13(17)9-21-11-4-2-3-10(15)7-11/h2-4,7,12H,5-6,8-9,15H2,1H3. The summed E-state index contributed by atoms with van der Waals surface area (Å²) in [6, 6.07) is 6.08. The third-order valence-corrected chi connectivity index (χ3v) is 3.14. The number of morpholine rings is 1. The van der Waals surface area contributed by atoms with Crippen LogP contribution in [0.2, 0.25) is 0 Å². The van der Waals surface area contributed by atoms with Crippen molar-refractivity contribution in [3.63, 3.8) is 0 Å². The Labute approximate surface area is 122 Å². The number of ether oxygens (including phenoxy) is 3. The fraction of sp³-hybridized carbons (Fsp3) is 0.429. The molecule has 1 heterocycles. The fourth-order valence-electron chi connectivity index (χ4n) is 2.07. The lowest BCUT2D eigenvalue weighted by molar-refractivity contribution is -0.161. The van der Waals surface area contributed by atoms with E-state index in [1.807, 2.05) is 0 Å². The zero-order valence-corrected chi connectivity index (χ0v) is 11.8. The molecule has 1 atom stereocenters. The molecule has 1 saturated heterocycles. The smallest absolute Gasteiger partial charge is 0.331 e. The van der Waals surface area contributed by atoms with Crippen LogP contribution in [0.4, 0.5) is 5.69 Å². The van der Waals surface area contributed by atoms with E-state index in [1.54, 1.807) is 24.3 Å². The van der Waals surface area contributed by atoms with Gasteiger partial charge in [0.15, 0.2) is 12.6 Å². The Morgan fingerprint density at radius 1 is 1.48 bits per heavy atom. The summed E-state index contributed by atoms with van der Waals surface area (Å²) in [6.45, 7) is 0.685. The summed E-state index contributed by atoms with van der Waals surface area (Å²) in [4.78, 5) is 25.3. The molecule has 1 unspecified atom stereocenters. The number of carbonyl (C=O) groups is 2. The average Bonchev–Trinajstić information content (AvgIpc) is 2.52. The lowest BCUT2D eigenvalue weighted by Crippen LogP contribution is -2.54. The molecule has 21 heavy (non-hydrogen) atoms. The quantitative estimate of drug-likeness (QED) is 0.623. The Balaban J connectivity index is 1.96. The van der Waals surface area contributed by atoms with Crippen LogP contribution in [0, 0.1) is 0 Å². The Morgan fingerprint density at radius 3 is 3.00 bits per heavy atom. The van der Waals surface area contributed by atoms with E-state index in [0.29, 0.717) is 24.6 Å². The van der Waals surface area contributed by atoms with E-state index < -0.39 is 12.0 Å². The molecule has 7 nitrogen and oxygen atoms in total. The van der Waals surface area contributed by atoms with Gasteiger partial charge in [-0.05, 0) is 12.1 Å². The summed E-state index contributed by atoms with van der Waals surface area (Å²) in [6.07, 6.45) is 0. The molecule has 2 N–H and O–H groups in total. The summed E-state index contributed by atoms with van der Waals surface area (Å²) in [5, 5.41) is 0. The molecule has 7 heteroatoms. The lowest BCUT2D eigenvalue weighted by Gasteiger charge is -2.33. The van der Waals surface area contributed by atoms with Crippen molar-refractivity contribution >= 4 is 17.6 Å². The maximum Gasteiger partial charge on any atom is 0.331 e. The lowest BCUT2D eigenvalue weighted by atomic mass is 10.2. The first-order valence-electron chi connectivity index (χ1n) is 6.55. The van der Waals surface area contributed by atoms with Gasteiger partial charge in [0.05, 0.1) is 20.3 Å². The van der Waals surface area contributed by atoms with Gasteiger partial charge in [0, 0.05) is 18.3 Å². The number of nitrogen functional groups attached to an aromatic ring is 1. The van der Waals surface area contributed by atoms with Gasteiger partial charge in [0.1, 0.15) is 5.75 Å². The number of nitrogens with two attached hydrogens (primary N) is 1. The van der Waals surface area contributed by atoms with Crippen molar-refractivity contribution in [2.24, 2.45) is 0 Å². The zero-order chi connectivity index (χ0) is 15.2. The normalized spacial score (nSPS) is 18.1. The van der Waals surface area contributed by atoms with Gasteiger partial charge < -0.3 is 24.8 Å². The molecule has 1 aromatic carbocycles. The van der Waals surface area contributed by atoms with Crippen molar-refractivity contribution in [2.75, 3.05) is 39.2 Å². The minimum Gasteiger partial charge on any atom is -0.484 e. The van der Waals surface area contributed by atoms with E-state index in [9.17, 15) is 9.59 Å². The molecule has 1 aliphatic rings. The molecule has 114 valence electrons. The summed E-state index contributed by atoms with van der Waals surface area (Å²) < 4.78 is 15.3. The van der Waals surface area contributed by atoms with Crippen LogP contribution in [0.3, 0.4) is 0 Å². The number of benzene rings is 1. The third-order valence-electron chi connectivity index (χ3n) is 3.14. The zero-order valence-electron chi connectivity index (χ0n) is 11.8. The van der Waals surface area contributed by atoms with Gasteiger partial charge in [-0.15, -0.1) is 0 Å². The van der Waals surface area contributed by atoms with E-state index in [1.165, 1.54) is 12.0 Å². The number of esters is 1. The fourth-order valence-corrected chi connectivity index (χ4v) is 2.07. The molecular weight excluding hydrogens is 276 g/mol. The van der Waals surface area contributed by atoms with E-state index >= 15 is 0 Å². The minimum absolute atomic E-state index is 0.136. The highest BCUT2D eigenvalue weighted by atomic mass is 16.5. The molecule has 1 aliphatic heterocycles. The van der Waals surface area contributed by atoms with Crippen molar-refractivity contribution in [1.82, 2.24) is 4.90 Å². The summed E-state index contributed by atoms with van der Waals surface area (Å²) in [5.41, 5.74) is 6.19. The number of methoxy groups -OCH3 is 1. The highest BCUT2D eigenvalue weighted by Crippen LogP contribution is 2.15. The molecule has 0 aromatic heterocycles. The van der Waals surface area contributed by atoms with E-state index in [4.69, 9.17) is 15.2 Å². The largest absolute Gasteiger partial charge is 0.484 e. The van der Waals surface area contributed by atoms with Crippen LogP contribution in [0.25, 0.3) is 0 Å². The average molecular weight is 294 g/mol. The van der Waals surface area contributed by atoms with Crippen LogP contribution in [-0.2, 0) is 19.1 Å². The van der Waals surface area contributed by atoms with E-state index in [2.05, 4.69) is 4.74 Å². The van der Waals surface area contributed by atoms with Crippen molar-refractivity contribution in [1.29, 1.82) is 0 Å². The Bertz CT molecular complexity index is 520. The third kappa shape index (κ3) is 3.85. The monoisotopic (exact) mass is 294 g/mol. The first kappa shape index (κ1) is 15.1. The molecule has 0 bridgehead atoms. The SMILES string of the molecule is COC(=O)C1COCCN1C(=O)COc1cccc(N)c1. The predicted octanol–water partition coefficient (Wildman–Crippen LogP) is 0.0480. The van der Waals surface area contributed by atoms with Crippen molar-refractivity contribution in [3.05, 3.63) is 24.3 Å². The molecule has 1 fully saturated rings. The second-order valence-corrected chi connectivity index (χ2v) is 4.56. The number of anilines is 1. The Morgan fingerprint density at radius 2 is 2.29 bits per heavy atom. The molecule has 0 spiro atoms. The van der Waals surface area contributed by atoms with Gasteiger partial charge >= 0.3 is 5.97 Å². The second-order valence-electron chi connectivity index (χ2n) is 4.56. The first-order valence-corrected chi connectivity index (χ1v) is 6.55. The van der Waals surface area contributed by atoms with Crippen molar-refractivity contribution in [3.8, 4) is 5.75 Å². The van der Waals surface area contributed by atoms with Gasteiger partial charge in [0.25, 0.3) is 5.91 Å². The molecule has 0 saturated carbocycles. The maximum atomic E-state index is 12.2. The highest BCUT2D eigenvalue weighted by Gasteiger charge is 2.33. The number of carbonyl (C=O) groups excluding carboxylic acids is 2. The van der Waals surface area contributed by atoms with Crippen molar-refractivity contribution < 1.29 is 23.8 Å². The predicted molar refractivity (Wildman–Crippen MR) is 74.7 cm³/mol. The summed E-state index contributed by atoms with van der Waals surface area (Å²) in [7, 11) is 1.28. The molecule has 1 aromatic rings. The minimum atomic E-state index is -0.722. The van der Waals surface area contributed by atoms with Crippen LogP contribution >= 0.6 is 0 Å². The van der Waals surface area contributed by atoms with Crippen LogP contribution < -0.4 is 10.5 Å². The van der Waals surface area contributed by atoms with Gasteiger partial charge in [-0.25, -0.2) is 4.79 Å². The van der Waals surface area contributed by atoms with E-state index in [0.717, 1.165) is 0 Å². The highest BCUT2D eigenvalue weighted by molar-refractivity contribution is 5.85. The number of hydrogen-bond donors (Lipinski definition) is 1. The van der Waals surface area contributed by atoms with Gasteiger partial charge in [-0.2, -0.15) is 0 Å². The van der Waals surface area contributed by atoms with Gasteiger partial charge in [-0.3, -0.25) is 4.79 Å². The number of amides is 1. The molecule has 0 aliphatic carbocycles. The van der Waals surface area contributed by atoms with E-state index in [-0.39, 0.29) is 19.1 Å². The maximum absolute atomic E-state index is 12.2. The molecule has 0 radical (unpaired) electrons. The number of nitrogens with zero attached hydrogens (tertiary/aromatic N) is 1. The second kappa shape index (κ2) is 6.94. The topological polar surface area (TPSA) is 91.1 Å². The van der Waals surface area contributed by atoms with Gasteiger partial charge in [0.2, 0.25) is 0 Å². The first-order chi connectivity index (χ1) is 10.1. The van der Waals surface area contributed by atoms with Crippen LogP contribution in [0.1, 0.15) is 0 Å². The molecule has 2 rings (SSSR count). The van der Waals surface area contributed by atoms with Crippen LogP contribution in [0.15, 0.2) is 24.3 Å². The molecular formula is C14H18N2O5. The van der Waals surface area contributed by atoms with Crippen molar-refractivity contribution in [2.45, 2.75) is 6.04 Å². The van der Waals surface area contributed by atoms with Crippen LogP contribution in [-0.4, -0.2) is 56.3 Å². The summed E-state index contributed by atoms with van der Waals surface area (Å²) in [5.74, 6) is -0.283.